The van der Waals surface area contributed by atoms with Gasteiger partial charge in [-0.15, -0.1) is 10.2 Å². The van der Waals surface area contributed by atoms with Crippen LogP contribution in [0.2, 0.25) is 0 Å². The first kappa shape index (κ1) is 20.8. The number of imide groups is 1. The number of nitrogens with zero attached hydrogens (tertiary/aromatic N) is 3. The summed E-state index contributed by atoms with van der Waals surface area (Å²) in [5, 5.41) is 13.5. The first-order chi connectivity index (χ1) is 12.6. The average molecular weight is 391 g/mol. The summed E-state index contributed by atoms with van der Waals surface area (Å²) in [5.74, 6) is 0.922. The number of carbonyl (C=O) groups is 2. The molecule has 0 saturated heterocycles. The van der Waals surface area contributed by atoms with E-state index in [1.54, 1.807) is 18.6 Å². The van der Waals surface area contributed by atoms with E-state index in [-0.39, 0.29) is 0 Å². The number of para-hydroxylation sites is 1. The molecule has 1 aromatic heterocycles. The Morgan fingerprint density at radius 2 is 1.89 bits per heavy atom. The van der Waals surface area contributed by atoms with E-state index in [0.29, 0.717) is 16.7 Å². The zero-order valence-electron chi connectivity index (χ0n) is 16.4. The van der Waals surface area contributed by atoms with Crippen LogP contribution in [0.25, 0.3) is 11.4 Å². The van der Waals surface area contributed by atoms with E-state index >= 15 is 0 Å². The predicted octanol–water partition coefficient (Wildman–Crippen LogP) is 2.60. The molecule has 0 aliphatic heterocycles. The summed E-state index contributed by atoms with van der Waals surface area (Å²) >= 11 is 1.22. The minimum Gasteiger partial charge on any atom is -0.496 e. The van der Waals surface area contributed by atoms with E-state index in [0.717, 1.165) is 5.56 Å². The molecule has 0 bridgehead atoms. The van der Waals surface area contributed by atoms with Gasteiger partial charge >= 0.3 is 6.03 Å². The van der Waals surface area contributed by atoms with E-state index in [9.17, 15) is 9.59 Å². The van der Waals surface area contributed by atoms with Gasteiger partial charge in [0.1, 0.15) is 5.75 Å². The molecular formula is C18H25N5O3S. The summed E-state index contributed by atoms with van der Waals surface area (Å²) < 4.78 is 7.16. The van der Waals surface area contributed by atoms with Gasteiger partial charge < -0.3 is 14.6 Å². The number of hydrogen-bond donors (Lipinski definition) is 2. The van der Waals surface area contributed by atoms with E-state index in [4.69, 9.17) is 4.74 Å². The quantitative estimate of drug-likeness (QED) is 0.760. The van der Waals surface area contributed by atoms with Gasteiger partial charge in [-0.1, -0.05) is 23.9 Å². The molecule has 2 aromatic rings. The monoisotopic (exact) mass is 391 g/mol. The molecule has 27 heavy (non-hydrogen) atoms. The van der Waals surface area contributed by atoms with Crippen molar-refractivity contribution in [3.8, 4) is 17.1 Å². The van der Waals surface area contributed by atoms with Gasteiger partial charge in [-0.3, -0.25) is 10.1 Å². The second-order valence-corrected chi connectivity index (χ2v) is 8.33. The Morgan fingerprint density at radius 1 is 1.22 bits per heavy atom. The van der Waals surface area contributed by atoms with Crippen molar-refractivity contribution >= 4 is 23.7 Å². The van der Waals surface area contributed by atoms with Crippen LogP contribution in [0.1, 0.15) is 27.7 Å². The Balaban J connectivity index is 2.09. The fourth-order valence-corrected chi connectivity index (χ4v) is 3.09. The minimum absolute atomic E-state index is 0.399. The Morgan fingerprint density at radius 3 is 2.52 bits per heavy atom. The molecule has 1 heterocycles. The second kappa shape index (κ2) is 8.43. The van der Waals surface area contributed by atoms with Gasteiger partial charge in [0, 0.05) is 12.6 Å². The normalized spacial score (nSPS) is 12.4. The van der Waals surface area contributed by atoms with Gasteiger partial charge in [0.15, 0.2) is 11.0 Å². The third-order valence-electron chi connectivity index (χ3n) is 3.56. The van der Waals surface area contributed by atoms with E-state index < -0.39 is 22.7 Å². The smallest absolute Gasteiger partial charge is 0.321 e. The maximum atomic E-state index is 12.3. The predicted molar refractivity (Wildman–Crippen MR) is 105 cm³/mol. The summed E-state index contributed by atoms with van der Waals surface area (Å²) in [5.41, 5.74) is 0.386. The Bertz CT molecular complexity index is 829. The SMILES string of the molecule is COc1ccccc1-c1nnc(S[C@H](C)C(=O)NC(=O)NC(C)(C)C)n1C. The zero-order valence-corrected chi connectivity index (χ0v) is 17.2. The third-order valence-corrected chi connectivity index (χ3v) is 4.69. The molecule has 8 nitrogen and oxygen atoms in total. The van der Waals surface area contributed by atoms with Crippen molar-refractivity contribution in [3.05, 3.63) is 24.3 Å². The van der Waals surface area contributed by atoms with Crippen molar-refractivity contribution in [2.45, 2.75) is 43.6 Å². The highest BCUT2D eigenvalue weighted by Gasteiger charge is 2.23. The lowest BCUT2D eigenvalue weighted by Gasteiger charge is -2.21. The van der Waals surface area contributed by atoms with E-state index in [1.807, 2.05) is 52.1 Å². The topological polar surface area (TPSA) is 98.1 Å². The molecule has 0 fully saturated rings. The minimum atomic E-state index is -0.524. The molecular weight excluding hydrogens is 366 g/mol. The maximum absolute atomic E-state index is 12.3. The van der Waals surface area contributed by atoms with Crippen LogP contribution in [0.15, 0.2) is 29.4 Å². The number of methoxy groups -OCH3 is 1. The summed E-state index contributed by atoms with van der Waals surface area (Å²) in [6, 6.07) is 6.99. The summed E-state index contributed by atoms with van der Waals surface area (Å²) in [6.07, 6.45) is 0. The van der Waals surface area contributed by atoms with Crippen LogP contribution >= 0.6 is 11.8 Å². The molecule has 1 atom stereocenters. The molecule has 0 saturated carbocycles. The molecule has 0 spiro atoms. The van der Waals surface area contributed by atoms with Crippen LogP contribution in [0.3, 0.4) is 0 Å². The first-order valence-corrected chi connectivity index (χ1v) is 9.33. The van der Waals surface area contributed by atoms with Crippen LogP contribution in [0.5, 0.6) is 5.75 Å². The maximum Gasteiger partial charge on any atom is 0.321 e. The summed E-state index contributed by atoms with van der Waals surface area (Å²) in [4.78, 5) is 24.1. The van der Waals surface area contributed by atoms with Gasteiger partial charge in [-0.25, -0.2) is 4.79 Å². The number of ether oxygens (including phenoxy) is 1. The van der Waals surface area contributed by atoms with Crippen molar-refractivity contribution in [1.82, 2.24) is 25.4 Å². The van der Waals surface area contributed by atoms with Crippen LogP contribution < -0.4 is 15.4 Å². The number of carbonyl (C=O) groups excluding carboxylic acids is 2. The average Bonchev–Trinajstić information content (AvgIpc) is 2.93. The summed E-state index contributed by atoms with van der Waals surface area (Å²) in [7, 11) is 3.42. The van der Waals surface area contributed by atoms with Gasteiger partial charge in [-0.2, -0.15) is 0 Å². The van der Waals surface area contributed by atoms with E-state index in [1.165, 1.54) is 11.8 Å². The Kier molecular flexibility index (Phi) is 6.48. The van der Waals surface area contributed by atoms with Gasteiger partial charge in [0.2, 0.25) is 5.91 Å². The molecule has 2 N–H and O–H groups in total. The molecule has 0 aliphatic carbocycles. The number of amides is 3. The molecule has 146 valence electrons. The number of hydrogen-bond acceptors (Lipinski definition) is 6. The Labute approximate surface area is 163 Å². The second-order valence-electron chi connectivity index (χ2n) is 7.02. The molecule has 1 aromatic carbocycles. The number of benzene rings is 1. The lowest BCUT2D eigenvalue weighted by Crippen LogP contribution is -2.49. The number of rotatable bonds is 5. The number of nitrogens with one attached hydrogen (secondary N) is 2. The lowest BCUT2D eigenvalue weighted by atomic mass is 10.1. The lowest BCUT2D eigenvalue weighted by molar-refractivity contribution is -0.119. The fraction of sp³-hybridized carbons (Fsp3) is 0.444. The van der Waals surface area contributed by atoms with Crippen molar-refractivity contribution < 1.29 is 14.3 Å². The standard InChI is InChI=1S/C18H25N5O3S/c1-11(15(24)19-16(25)20-18(2,3)4)27-17-22-21-14(23(17)5)12-9-7-8-10-13(12)26-6/h7-11H,1-6H3,(H2,19,20,24,25)/t11-/m1/s1. The van der Waals surface area contributed by atoms with Gasteiger partial charge in [-0.05, 0) is 39.8 Å². The van der Waals surface area contributed by atoms with Crippen LogP contribution in [0.4, 0.5) is 4.79 Å². The largest absolute Gasteiger partial charge is 0.496 e. The molecule has 3 amide bonds. The number of thioether (sulfide) groups is 1. The highest BCUT2D eigenvalue weighted by molar-refractivity contribution is 8.00. The number of urea groups is 1. The molecule has 0 unspecified atom stereocenters. The fourth-order valence-electron chi connectivity index (χ4n) is 2.28. The zero-order chi connectivity index (χ0) is 20.2. The van der Waals surface area contributed by atoms with Gasteiger partial charge in [0.05, 0.1) is 17.9 Å². The van der Waals surface area contributed by atoms with Crippen molar-refractivity contribution in [2.75, 3.05) is 7.11 Å². The molecule has 0 aliphatic rings. The van der Waals surface area contributed by atoms with E-state index in [2.05, 4.69) is 20.8 Å². The number of aromatic nitrogens is 3. The molecule has 0 radical (unpaired) electrons. The first-order valence-electron chi connectivity index (χ1n) is 8.45. The Hall–Kier alpha value is -2.55. The highest BCUT2D eigenvalue weighted by Crippen LogP contribution is 2.31. The van der Waals surface area contributed by atoms with Crippen molar-refractivity contribution in [3.63, 3.8) is 0 Å². The highest BCUT2D eigenvalue weighted by atomic mass is 32.2. The van der Waals surface area contributed by atoms with Crippen LogP contribution in [-0.2, 0) is 11.8 Å². The van der Waals surface area contributed by atoms with Crippen LogP contribution in [-0.4, -0.2) is 44.6 Å². The molecule has 2 rings (SSSR count). The van der Waals surface area contributed by atoms with Crippen LogP contribution in [0, 0.1) is 0 Å². The third kappa shape index (κ3) is 5.46. The van der Waals surface area contributed by atoms with Crippen molar-refractivity contribution in [2.24, 2.45) is 7.05 Å². The summed E-state index contributed by atoms with van der Waals surface area (Å²) in [6.45, 7) is 7.23. The molecule has 9 heteroatoms. The van der Waals surface area contributed by atoms with Gasteiger partial charge in [0.25, 0.3) is 0 Å². The van der Waals surface area contributed by atoms with Crippen molar-refractivity contribution in [1.29, 1.82) is 0 Å².